The topological polar surface area (TPSA) is 54.0 Å². The zero-order valence-electron chi connectivity index (χ0n) is 12.5. The van der Waals surface area contributed by atoms with Crippen molar-refractivity contribution in [2.24, 2.45) is 0 Å². The molecule has 0 atom stereocenters. The fraction of sp³-hybridized carbons (Fsp3) is 0.375. The number of aromatic nitrogens is 1. The van der Waals surface area contributed by atoms with Gasteiger partial charge >= 0.3 is 0 Å². The summed E-state index contributed by atoms with van der Waals surface area (Å²) in [4.78, 5) is 16.1. The Hall–Kier alpha value is -1.88. The first-order valence-corrected chi connectivity index (χ1v) is 8.16. The zero-order valence-corrected chi connectivity index (χ0v) is 13.3. The first kappa shape index (κ1) is 15.5. The van der Waals surface area contributed by atoms with Crippen LogP contribution < -0.4 is 10.6 Å². The van der Waals surface area contributed by atoms with Crippen LogP contribution in [0.3, 0.4) is 0 Å². The Morgan fingerprint density at radius 3 is 2.67 bits per heavy atom. The Bertz CT molecular complexity index is 577. The largest absolute Gasteiger partial charge is 0.356 e. The van der Waals surface area contributed by atoms with E-state index in [0.717, 1.165) is 35.9 Å². The van der Waals surface area contributed by atoms with Gasteiger partial charge in [-0.2, -0.15) is 0 Å². The molecule has 0 saturated heterocycles. The van der Waals surface area contributed by atoms with Crippen molar-refractivity contribution in [3.63, 3.8) is 0 Å². The molecule has 1 amide bonds. The van der Waals surface area contributed by atoms with Crippen molar-refractivity contribution in [3.05, 3.63) is 40.9 Å². The van der Waals surface area contributed by atoms with Crippen LogP contribution in [0.25, 0.3) is 0 Å². The van der Waals surface area contributed by atoms with Gasteiger partial charge in [-0.15, -0.1) is 11.3 Å². The monoisotopic (exact) mass is 303 g/mol. The van der Waals surface area contributed by atoms with Crippen molar-refractivity contribution in [1.82, 2.24) is 10.3 Å². The first-order valence-electron chi connectivity index (χ1n) is 7.28. The van der Waals surface area contributed by atoms with E-state index in [2.05, 4.69) is 34.7 Å². The number of amides is 1. The quantitative estimate of drug-likeness (QED) is 0.823. The maximum absolute atomic E-state index is 11.6. The van der Waals surface area contributed by atoms with Gasteiger partial charge in [0.05, 0.1) is 12.1 Å². The predicted molar refractivity (Wildman–Crippen MR) is 88.2 cm³/mol. The Morgan fingerprint density at radius 1 is 1.24 bits per heavy atom. The summed E-state index contributed by atoms with van der Waals surface area (Å²) in [7, 11) is 0. The molecule has 1 aromatic carbocycles. The van der Waals surface area contributed by atoms with Crippen LogP contribution in [0.5, 0.6) is 0 Å². The lowest BCUT2D eigenvalue weighted by atomic mass is 10.1. The van der Waals surface area contributed by atoms with E-state index in [0.29, 0.717) is 6.42 Å². The number of carbonyl (C=O) groups excluding carboxylic acids is 1. The minimum atomic E-state index is 0.0287. The van der Waals surface area contributed by atoms with Crippen LogP contribution in [0.15, 0.2) is 29.6 Å². The normalized spacial score (nSPS) is 10.4. The van der Waals surface area contributed by atoms with Crippen molar-refractivity contribution in [3.8, 4) is 0 Å². The number of aryl methyl sites for hydroxylation is 1. The third-order valence-corrected chi connectivity index (χ3v) is 3.89. The second-order valence-electron chi connectivity index (χ2n) is 4.85. The molecule has 0 spiro atoms. The molecule has 0 saturated carbocycles. The molecule has 5 heteroatoms. The molecule has 0 aliphatic carbocycles. The lowest BCUT2D eigenvalue weighted by Gasteiger charge is -2.03. The summed E-state index contributed by atoms with van der Waals surface area (Å²) < 4.78 is 0. The maximum Gasteiger partial charge on any atom is 0.226 e. The highest BCUT2D eigenvalue weighted by molar-refractivity contribution is 7.13. The second-order valence-corrected chi connectivity index (χ2v) is 5.70. The number of carbonyl (C=O) groups is 1. The molecule has 21 heavy (non-hydrogen) atoms. The Balaban J connectivity index is 1.91. The fourth-order valence-electron chi connectivity index (χ4n) is 1.88. The highest BCUT2D eigenvalue weighted by Crippen LogP contribution is 2.21. The van der Waals surface area contributed by atoms with Crippen molar-refractivity contribution >= 4 is 28.1 Å². The summed E-state index contributed by atoms with van der Waals surface area (Å²) in [5, 5.41) is 8.87. The molecule has 2 N–H and O–H groups in total. The number of nitrogens with zero attached hydrogens (tertiary/aromatic N) is 1. The van der Waals surface area contributed by atoms with E-state index in [1.54, 1.807) is 0 Å². The van der Waals surface area contributed by atoms with E-state index in [1.807, 2.05) is 24.4 Å². The van der Waals surface area contributed by atoms with Gasteiger partial charge in [0.25, 0.3) is 0 Å². The van der Waals surface area contributed by atoms with Gasteiger partial charge in [-0.25, -0.2) is 4.98 Å². The number of anilines is 2. The summed E-state index contributed by atoms with van der Waals surface area (Å²) >= 11 is 1.52. The summed E-state index contributed by atoms with van der Waals surface area (Å²) in [5.74, 6) is 0.0287. The zero-order chi connectivity index (χ0) is 15.1. The van der Waals surface area contributed by atoms with Crippen LogP contribution in [0.1, 0.15) is 31.5 Å². The summed E-state index contributed by atoms with van der Waals surface area (Å²) in [6.45, 7) is 4.89. The van der Waals surface area contributed by atoms with Gasteiger partial charge in [-0.3, -0.25) is 4.79 Å². The van der Waals surface area contributed by atoms with Crippen LogP contribution >= 0.6 is 11.3 Å². The van der Waals surface area contributed by atoms with Gasteiger partial charge in [0.1, 0.15) is 0 Å². The average molecular weight is 303 g/mol. The van der Waals surface area contributed by atoms with Crippen molar-refractivity contribution in [1.29, 1.82) is 0 Å². The minimum absolute atomic E-state index is 0.0287. The van der Waals surface area contributed by atoms with Crippen LogP contribution in [-0.4, -0.2) is 17.4 Å². The SMILES string of the molecule is CCCNC(=O)Cc1csc(Nc2ccc(CC)cc2)n1. The molecule has 2 rings (SSSR count). The number of nitrogens with one attached hydrogen (secondary N) is 2. The molecule has 1 heterocycles. The summed E-state index contributed by atoms with van der Waals surface area (Å²) in [6.07, 6.45) is 2.32. The molecule has 2 aromatic rings. The molecule has 0 bridgehead atoms. The Labute approximate surface area is 129 Å². The average Bonchev–Trinajstić information content (AvgIpc) is 2.93. The van der Waals surface area contributed by atoms with E-state index in [-0.39, 0.29) is 5.91 Å². The highest BCUT2D eigenvalue weighted by Gasteiger charge is 2.07. The van der Waals surface area contributed by atoms with Crippen molar-refractivity contribution in [2.75, 3.05) is 11.9 Å². The minimum Gasteiger partial charge on any atom is -0.356 e. The van der Waals surface area contributed by atoms with E-state index in [9.17, 15) is 4.79 Å². The Kier molecular flexibility index (Phi) is 5.75. The first-order chi connectivity index (χ1) is 10.2. The van der Waals surface area contributed by atoms with Gasteiger partial charge in [0.15, 0.2) is 5.13 Å². The van der Waals surface area contributed by atoms with Crippen molar-refractivity contribution in [2.45, 2.75) is 33.1 Å². The molecule has 112 valence electrons. The third kappa shape index (κ3) is 4.86. The van der Waals surface area contributed by atoms with E-state index in [1.165, 1.54) is 16.9 Å². The molecule has 0 unspecified atom stereocenters. The van der Waals surface area contributed by atoms with Crippen LogP contribution in [0, 0.1) is 0 Å². The number of rotatable bonds is 7. The van der Waals surface area contributed by atoms with Crippen LogP contribution in [-0.2, 0) is 17.6 Å². The standard InChI is InChI=1S/C16H21N3OS/c1-3-9-17-15(20)10-14-11-21-16(19-14)18-13-7-5-12(4-2)6-8-13/h5-8,11H,3-4,9-10H2,1-2H3,(H,17,20)(H,18,19). The van der Waals surface area contributed by atoms with Gasteiger partial charge < -0.3 is 10.6 Å². The molecule has 0 aliphatic heterocycles. The summed E-state index contributed by atoms with van der Waals surface area (Å²) in [5.41, 5.74) is 3.14. The third-order valence-electron chi connectivity index (χ3n) is 3.08. The van der Waals surface area contributed by atoms with E-state index >= 15 is 0 Å². The fourth-order valence-corrected chi connectivity index (χ4v) is 2.61. The molecule has 0 fully saturated rings. The number of benzene rings is 1. The molecule has 0 aliphatic rings. The highest BCUT2D eigenvalue weighted by atomic mass is 32.1. The number of hydrogen-bond acceptors (Lipinski definition) is 4. The number of thiazole rings is 1. The molecule has 4 nitrogen and oxygen atoms in total. The maximum atomic E-state index is 11.6. The molecular formula is C16H21N3OS. The van der Waals surface area contributed by atoms with Gasteiger partial charge in [-0.05, 0) is 30.5 Å². The van der Waals surface area contributed by atoms with Crippen LogP contribution in [0.4, 0.5) is 10.8 Å². The molecular weight excluding hydrogens is 282 g/mol. The van der Waals surface area contributed by atoms with Gasteiger partial charge in [-0.1, -0.05) is 26.0 Å². The Morgan fingerprint density at radius 2 is 2.00 bits per heavy atom. The van der Waals surface area contributed by atoms with E-state index < -0.39 is 0 Å². The van der Waals surface area contributed by atoms with Gasteiger partial charge in [0, 0.05) is 17.6 Å². The summed E-state index contributed by atoms with van der Waals surface area (Å²) in [6, 6.07) is 8.31. The lowest BCUT2D eigenvalue weighted by molar-refractivity contribution is -0.120. The molecule has 1 aromatic heterocycles. The second kappa shape index (κ2) is 7.78. The number of hydrogen-bond donors (Lipinski definition) is 2. The van der Waals surface area contributed by atoms with Crippen molar-refractivity contribution < 1.29 is 4.79 Å². The lowest BCUT2D eigenvalue weighted by Crippen LogP contribution is -2.25. The van der Waals surface area contributed by atoms with Gasteiger partial charge in [0.2, 0.25) is 5.91 Å². The van der Waals surface area contributed by atoms with E-state index in [4.69, 9.17) is 0 Å². The smallest absolute Gasteiger partial charge is 0.226 e. The predicted octanol–water partition coefficient (Wildman–Crippen LogP) is 3.52. The molecule has 0 radical (unpaired) electrons. The van der Waals surface area contributed by atoms with Crippen LogP contribution in [0.2, 0.25) is 0 Å².